The van der Waals surface area contributed by atoms with Crippen LogP contribution in [-0.2, 0) is 16.0 Å². The van der Waals surface area contributed by atoms with Gasteiger partial charge in [0.2, 0.25) is 5.91 Å². The Balaban J connectivity index is 1.32. The van der Waals surface area contributed by atoms with Gasteiger partial charge in [0, 0.05) is 28.7 Å². The van der Waals surface area contributed by atoms with Gasteiger partial charge in [-0.1, -0.05) is 48.5 Å². The first-order valence-electron chi connectivity index (χ1n) is 12.1. The maximum absolute atomic E-state index is 13.5. The molecule has 36 heavy (non-hydrogen) atoms. The predicted octanol–water partition coefficient (Wildman–Crippen LogP) is 5.57. The van der Waals surface area contributed by atoms with Gasteiger partial charge in [0.25, 0.3) is 5.91 Å². The molecular formula is C29H25N3O3S. The van der Waals surface area contributed by atoms with Gasteiger partial charge in [0.15, 0.2) is 6.10 Å². The molecule has 0 N–H and O–H groups in total. The average molecular weight is 496 g/mol. The van der Waals surface area contributed by atoms with Crippen molar-refractivity contribution in [2.24, 2.45) is 0 Å². The van der Waals surface area contributed by atoms with Crippen LogP contribution in [-0.4, -0.2) is 36.0 Å². The van der Waals surface area contributed by atoms with E-state index >= 15 is 0 Å². The summed E-state index contributed by atoms with van der Waals surface area (Å²) >= 11 is 1.58. The Labute approximate surface area is 213 Å². The van der Waals surface area contributed by atoms with Crippen molar-refractivity contribution in [2.45, 2.75) is 25.9 Å². The quantitative estimate of drug-likeness (QED) is 0.371. The van der Waals surface area contributed by atoms with Crippen LogP contribution in [0.25, 0.3) is 21.8 Å². The number of nitrogens with zero attached hydrogens (tertiary/aromatic N) is 3. The maximum Gasteiger partial charge on any atom is 0.268 e. The van der Waals surface area contributed by atoms with Crippen molar-refractivity contribution >= 4 is 34.5 Å². The molecule has 7 heteroatoms. The Hall–Kier alpha value is -3.97. The van der Waals surface area contributed by atoms with Crippen LogP contribution in [0.4, 0.5) is 11.4 Å². The molecule has 0 saturated carbocycles. The number of carbonyl (C=O) groups excluding carboxylic acids is 2. The number of aromatic nitrogens is 1. The number of benzene rings is 3. The van der Waals surface area contributed by atoms with Crippen molar-refractivity contribution in [3.63, 3.8) is 0 Å². The van der Waals surface area contributed by atoms with E-state index in [0.717, 1.165) is 40.4 Å². The summed E-state index contributed by atoms with van der Waals surface area (Å²) in [5.74, 6) is 0.277. The summed E-state index contributed by atoms with van der Waals surface area (Å²) < 4.78 is 5.89. The maximum atomic E-state index is 13.5. The van der Waals surface area contributed by atoms with Crippen LogP contribution >= 0.6 is 11.3 Å². The Morgan fingerprint density at radius 3 is 2.69 bits per heavy atom. The third-order valence-corrected chi connectivity index (χ3v) is 7.58. The number of ether oxygens (including phenoxy) is 1. The Morgan fingerprint density at radius 2 is 1.83 bits per heavy atom. The second-order valence-electron chi connectivity index (χ2n) is 9.05. The minimum atomic E-state index is -0.659. The fourth-order valence-corrected chi connectivity index (χ4v) is 5.70. The van der Waals surface area contributed by atoms with Crippen LogP contribution in [0.1, 0.15) is 18.9 Å². The van der Waals surface area contributed by atoms with Crippen molar-refractivity contribution in [3.8, 4) is 27.6 Å². The highest BCUT2D eigenvalue weighted by molar-refractivity contribution is 7.13. The van der Waals surface area contributed by atoms with Gasteiger partial charge in [0.05, 0.1) is 11.4 Å². The van der Waals surface area contributed by atoms with E-state index in [2.05, 4.69) is 6.07 Å². The monoisotopic (exact) mass is 495 g/mol. The molecule has 4 aromatic rings. The van der Waals surface area contributed by atoms with Gasteiger partial charge in [-0.05, 0) is 49.6 Å². The molecule has 6 nitrogen and oxygen atoms in total. The van der Waals surface area contributed by atoms with Crippen molar-refractivity contribution in [2.75, 3.05) is 22.9 Å². The van der Waals surface area contributed by atoms with Gasteiger partial charge in [-0.25, -0.2) is 4.98 Å². The summed E-state index contributed by atoms with van der Waals surface area (Å²) in [5.41, 5.74) is 5.46. The molecule has 0 bridgehead atoms. The van der Waals surface area contributed by atoms with E-state index in [9.17, 15) is 9.59 Å². The number of amides is 2. The van der Waals surface area contributed by atoms with Gasteiger partial charge >= 0.3 is 0 Å². The highest BCUT2D eigenvalue weighted by atomic mass is 32.1. The van der Waals surface area contributed by atoms with Crippen LogP contribution in [0.15, 0.2) is 78.2 Å². The van der Waals surface area contributed by atoms with E-state index in [1.54, 1.807) is 23.2 Å². The summed E-state index contributed by atoms with van der Waals surface area (Å²) in [6.45, 7) is 2.33. The SMILES string of the molecule is CC1Oc2ccc(-c3csc(-c4ccccc4)n3)cc2N(CC(=O)N2CCCc3ccccc32)C1=O. The summed E-state index contributed by atoms with van der Waals surface area (Å²) in [6.07, 6.45) is 1.21. The Kier molecular flexibility index (Phi) is 5.77. The second kappa shape index (κ2) is 9.24. The first-order chi connectivity index (χ1) is 17.6. The zero-order chi connectivity index (χ0) is 24.6. The number of para-hydroxylation sites is 1. The Morgan fingerprint density at radius 1 is 1.03 bits per heavy atom. The van der Waals surface area contributed by atoms with E-state index < -0.39 is 6.10 Å². The van der Waals surface area contributed by atoms with Crippen molar-refractivity contribution in [3.05, 3.63) is 83.7 Å². The van der Waals surface area contributed by atoms with Crippen LogP contribution < -0.4 is 14.5 Å². The third-order valence-electron chi connectivity index (χ3n) is 6.69. The molecule has 0 spiro atoms. The fourth-order valence-electron chi connectivity index (χ4n) is 4.86. The van der Waals surface area contributed by atoms with Crippen molar-refractivity contribution in [1.82, 2.24) is 4.98 Å². The topological polar surface area (TPSA) is 62.7 Å². The van der Waals surface area contributed by atoms with Gasteiger partial charge < -0.3 is 9.64 Å². The van der Waals surface area contributed by atoms with Gasteiger partial charge in [0.1, 0.15) is 17.3 Å². The van der Waals surface area contributed by atoms with Crippen LogP contribution in [0.5, 0.6) is 5.75 Å². The molecule has 0 saturated heterocycles. The molecule has 3 aromatic carbocycles. The summed E-state index contributed by atoms with van der Waals surface area (Å²) in [5, 5.41) is 2.94. The average Bonchev–Trinajstić information content (AvgIpc) is 3.42. The fraction of sp³-hybridized carbons (Fsp3) is 0.207. The lowest BCUT2D eigenvalue weighted by Gasteiger charge is -2.35. The van der Waals surface area contributed by atoms with E-state index in [0.29, 0.717) is 18.0 Å². The lowest BCUT2D eigenvalue weighted by molar-refractivity contribution is -0.127. The number of thiazole rings is 1. The second-order valence-corrected chi connectivity index (χ2v) is 9.91. The first kappa shape index (κ1) is 22.5. The number of aryl methyl sites for hydroxylation is 1. The Bertz CT molecular complexity index is 1450. The molecule has 3 heterocycles. The number of fused-ring (bicyclic) bond motifs is 2. The molecule has 0 aliphatic carbocycles. The number of anilines is 2. The zero-order valence-electron chi connectivity index (χ0n) is 19.9. The standard InChI is InChI=1S/C29H25N3O3S/c1-19-29(34)32(17-27(33)31-15-7-11-20-8-5-6-12-24(20)31)25-16-22(13-14-26(25)35-19)23-18-36-28(30-23)21-9-3-2-4-10-21/h2-6,8-10,12-14,16,18-19H,7,11,15,17H2,1H3. The lowest BCUT2D eigenvalue weighted by Crippen LogP contribution is -2.50. The largest absolute Gasteiger partial charge is 0.479 e. The minimum absolute atomic E-state index is 0.0380. The molecule has 2 aliphatic heterocycles. The third kappa shape index (κ3) is 4.05. The first-order valence-corrected chi connectivity index (χ1v) is 13.0. The number of hydrogen-bond donors (Lipinski definition) is 0. The molecule has 2 amide bonds. The molecule has 0 radical (unpaired) electrons. The summed E-state index contributed by atoms with van der Waals surface area (Å²) in [7, 11) is 0. The molecule has 2 aliphatic rings. The highest BCUT2D eigenvalue weighted by Crippen LogP contribution is 2.39. The van der Waals surface area contributed by atoms with Crippen LogP contribution in [0.3, 0.4) is 0 Å². The van der Waals surface area contributed by atoms with E-state index in [4.69, 9.17) is 9.72 Å². The van der Waals surface area contributed by atoms with E-state index in [1.807, 2.05) is 77.0 Å². The number of rotatable bonds is 4. The molecule has 1 aromatic heterocycles. The predicted molar refractivity (Wildman–Crippen MR) is 143 cm³/mol. The summed E-state index contributed by atoms with van der Waals surface area (Å²) in [4.78, 5) is 34.9. The smallest absolute Gasteiger partial charge is 0.268 e. The van der Waals surface area contributed by atoms with Gasteiger partial charge in [-0.15, -0.1) is 11.3 Å². The van der Waals surface area contributed by atoms with Crippen LogP contribution in [0.2, 0.25) is 0 Å². The normalized spacial score (nSPS) is 16.8. The van der Waals surface area contributed by atoms with E-state index in [-0.39, 0.29) is 18.4 Å². The minimum Gasteiger partial charge on any atom is -0.479 e. The van der Waals surface area contributed by atoms with Crippen molar-refractivity contribution in [1.29, 1.82) is 0 Å². The molecule has 1 unspecified atom stereocenters. The van der Waals surface area contributed by atoms with Crippen LogP contribution in [0, 0.1) is 0 Å². The molecule has 0 fully saturated rings. The zero-order valence-corrected chi connectivity index (χ0v) is 20.7. The van der Waals surface area contributed by atoms with Gasteiger partial charge in [-0.2, -0.15) is 0 Å². The molecule has 1 atom stereocenters. The highest BCUT2D eigenvalue weighted by Gasteiger charge is 2.35. The molecular weight excluding hydrogens is 470 g/mol. The van der Waals surface area contributed by atoms with Gasteiger partial charge in [-0.3, -0.25) is 14.5 Å². The number of hydrogen-bond acceptors (Lipinski definition) is 5. The summed E-state index contributed by atoms with van der Waals surface area (Å²) in [6, 6.07) is 23.8. The molecule has 6 rings (SSSR count). The lowest BCUT2D eigenvalue weighted by atomic mass is 10.0. The molecule has 180 valence electrons. The van der Waals surface area contributed by atoms with E-state index in [1.165, 1.54) is 5.56 Å². The number of carbonyl (C=O) groups is 2. The van der Waals surface area contributed by atoms with Crippen molar-refractivity contribution < 1.29 is 14.3 Å².